The Balaban J connectivity index is 2.22. The van der Waals surface area contributed by atoms with Crippen LogP contribution in [0.4, 0.5) is 4.39 Å². The molecule has 0 heterocycles. The lowest BCUT2D eigenvalue weighted by molar-refractivity contribution is 0.0944. The van der Waals surface area contributed by atoms with Crippen LogP contribution >= 0.6 is 0 Å². The SMILES string of the molecule is CCOc1cccc(C2(F)CCCC(N)C2)c1. The predicted molar refractivity (Wildman–Crippen MR) is 66.8 cm³/mol. The normalized spacial score (nSPS) is 29.0. The quantitative estimate of drug-likeness (QED) is 0.876. The summed E-state index contributed by atoms with van der Waals surface area (Å²) in [5.41, 5.74) is 5.31. The molecule has 1 aliphatic rings. The fourth-order valence-corrected chi connectivity index (χ4v) is 2.56. The summed E-state index contributed by atoms with van der Waals surface area (Å²) in [6, 6.07) is 7.33. The minimum atomic E-state index is -1.27. The van der Waals surface area contributed by atoms with Crippen LogP contribution in [0.1, 0.15) is 38.2 Å². The molecule has 1 aromatic rings. The minimum absolute atomic E-state index is 0.0236. The maximum absolute atomic E-state index is 14.8. The van der Waals surface area contributed by atoms with Gasteiger partial charge in [0.15, 0.2) is 0 Å². The molecule has 94 valence electrons. The van der Waals surface area contributed by atoms with E-state index in [1.807, 2.05) is 31.2 Å². The van der Waals surface area contributed by atoms with E-state index >= 15 is 0 Å². The van der Waals surface area contributed by atoms with E-state index in [1.165, 1.54) is 0 Å². The molecule has 3 heteroatoms. The summed E-state index contributed by atoms with van der Waals surface area (Å²) in [6.45, 7) is 2.52. The van der Waals surface area contributed by atoms with Crippen molar-refractivity contribution in [2.75, 3.05) is 6.61 Å². The second-order valence-corrected chi connectivity index (χ2v) is 4.78. The summed E-state index contributed by atoms with van der Waals surface area (Å²) in [5, 5.41) is 0. The Labute approximate surface area is 102 Å². The Hall–Kier alpha value is -1.09. The van der Waals surface area contributed by atoms with Gasteiger partial charge >= 0.3 is 0 Å². The van der Waals surface area contributed by atoms with Gasteiger partial charge in [-0.3, -0.25) is 0 Å². The van der Waals surface area contributed by atoms with E-state index in [0.29, 0.717) is 25.0 Å². The van der Waals surface area contributed by atoms with Gasteiger partial charge in [-0.25, -0.2) is 4.39 Å². The number of halogens is 1. The van der Waals surface area contributed by atoms with E-state index < -0.39 is 5.67 Å². The molecule has 0 aliphatic heterocycles. The summed E-state index contributed by atoms with van der Waals surface area (Å²) in [6.07, 6.45) is 2.77. The molecule has 0 amide bonds. The molecule has 2 N–H and O–H groups in total. The van der Waals surface area contributed by atoms with Crippen molar-refractivity contribution in [3.8, 4) is 5.75 Å². The van der Waals surface area contributed by atoms with Gasteiger partial charge in [-0.2, -0.15) is 0 Å². The van der Waals surface area contributed by atoms with Gasteiger partial charge in [-0.1, -0.05) is 12.1 Å². The van der Waals surface area contributed by atoms with Crippen LogP contribution in [0.15, 0.2) is 24.3 Å². The average Bonchev–Trinajstić information content (AvgIpc) is 2.29. The lowest BCUT2D eigenvalue weighted by Gasteiger charge is -2.33. The fraction of sp³-hybridized carbons (Fsp3) is 0.571. The number of hydrogen-bond acceptors (Lipinski definition) is 2. The Morgan fingerprint density at radius 1 is 1.53 bits per heavy atom. The number of alkyl halides is 1. The Bertz CT molecular complexity index is 382. The first-order chi connectivity index (χ1) is 8.14. The van der Waals surface area contributed by atoms with Crippen LogP contribution in [0, 0.1) is 0 Å². The molecule has 0 bridgehead atoms. The van der Waals surface area contributed by atoms with Crippen LogP contribution < -0.4 is 10.5 Å². The van der Waals surface area contributed by atoms with Crippen molar-refractivity contribution >= 4 is 0 Å². The lowest BCUT2D eigenvalue weighted by Crippen LogP contribution is -2.36. The average molecular weight is 237 g/mol. The first kappa shape index (κ1) is 12.4. The van der Waals surface area contributed by atoms with Gasteiger partial charge in [0, 0.05) is 12.5 Å². The molecule has 1 aromatic carbocycles. The summed E-state index contributed by atoms with van der Waals surface area (Å²) in [5.74, 6) is 0.737. The minimum Gasteiger partial charge on any atom is -0.494 e. The predicted octanol–water partition coefficient (Wildman–Crippen LogP) is 3.15. The zero-order chi connectivity index (χ0) is 12.3. The second kappa shape index (κ2) is 5.05. The van der Waals surface area contributed by atoms with Crippen molar-refractivity contribution < 1.29 is 9.13 Å². The highest BCUT2D eigenvalue weighted by molar-refractivity contribution is 5.33. The molecule has 1 fully saturated rings. The first-order valence-electron chi connectivity index (χ1n) is 6.32. The fourth-order valence-electron chi connectivity index (χ4n) is 2.56. The molecule has 0 aromatic heterocycles. The van der Waals surface area contributed by atoms with Crippen LogP contribution in [0.3, 0.4) is 0 Å². The van der Waals surface area contributed by atoms with E-state index in [2.05, 4.69) is 0 Å². The van der Waals surface area contributed by atoms with E-state index in [1.54, 1.807) is 0 Å². The highest BCUT2D eigenvalue weighted by Gasteiger charge is 2.37. The van der Waals surface area contributed by atoms with E-state index in [9.17, 15) is 4.39 Å². The van der Waals surface area contributed by atoms with Crippen molar-refractivity contribution in [3.63, 3.8) is 0 Å². The lowest BCUT2D eigenvalue weighted by atomic mass is 9.79. The molecule has 2 nitrogen and oxygen atoms in total. The van der Waals surface area contributed by atoms with Gasteiger partial charge in [-0.05, 0) is 43.9 Å². The summed E-state index contributed by atoms with van der Waals surface area (Å²) < 4.78 is 20.3. The van der Waals surface area contributed by atoms with Gasteiger partial charge in [0.25, 0.3) is 0 Å². The third-order valence-corrected chi connectivity index (χ3v) is 3.40. The smallest absolute Gasteiger partial charge is 0.137 e. The van der Waals surface area contributed by atoms with Crippen molar-refractivity contribution in [2.45, 2.75) is 44.3 Å². The topological polar surface area (TPSA) is 35.2 Å². The second-order valence-electron chi connectivity index (χ2n) is 4.78. The third-order valence-electron chi connectivity index (χ3n) is 3.40. The molecule has 0 radical (unpaired) electrons. The third kappa shape index (κ3) is 2.78. The number of benzene rings is 1. The molecule has 2 unspecified atom stereocenters. The highest BCUT2D eigenvalue weighted by atomic mass is 19.1. The first-order valence-corrected chi connectivity index (χ1v) is 6.32. The zero-order valence-corrected chi connectivity index (χ0v) is 10.3. The Morgan fingerprint density at radius 3 is 3.06 bits per heavy atom. The van der Waals surface area contributed by atoms with Crippen LogP contribution in [0.2, 0.25) is 0 Å². The van der Waals surface area contributed by atoms with Crippen LogP contribution in [-0.2, 0) is 5.67 Å². The number of hydrogen-bond donors (Lipinski definition) is 1. The van der Waals surface area contributed by atoms with Crippen LogP contribution in [0.25, 0.3) is 0 Å². The van der Waals surface area contributed by atoms with E-state index in [4.69, 9.17) is 10.5 Å². The van der Waals surface area contributed by atoms with Gasteiger partial charge in [0.2, 0.25) is 0 Å². The van der Waals surface area contributed by atoms with Crippen molar-refractivity contribution in [1.82, 2.24) is 0 Å². The maximum atomic E-state index is 14.8. The molecular formula is C14H20FNO. The van der Waals surface area contributed by atoms with E-state index in [-0.39, 0.29) is 6.04 Å². The van der Waals surface area contributed by atoms with Gasteiger partial charge < -0.3 is 10.5 Å². The molecule has 17 heavy (non-hydrogen) atoms. The summed E-state index contributed by atoms with van der Waals surface area (Å²) in [7, 11) is 0. The van der Waals surface area contributed by atoms with Gasteiger partial charge in [-0.15, -0.1) is 0 Å². The number of ether oxygens (including phenoxy) is 1. The number of nitrogens with two attached hydrogens (primary N) is 1. The monoisotopic (exact) mass is 237 g/mol. The standard InChI is InChI=1S/C14H20FNO/c1-2-17-13-7-3-5-11(9-13)14(15)8-4-6-12(16)10-14/h3,5,7,9,12H,2,4,6,8,10,16H2,1H3. The van der Waals surface area contributed by atoms with Crippen LogP contribution in [0.5, 0.6) is 5.75 Å². The van der Waals surface area contributed by atoms with Crippen molar-refractivity contribution in [2.24, 2.45) is 5.73 Å². The molecule has 0 saturated heterocycles. The largest absolute Gasteiger partial charge is 0.494 e. The van der Waals surface area contributed by atoms with Crippen LogP contribution in [-0.4, -0.2) is 12.6 Å². The molecule has 1 saturated carbocycles. The molecule has 0 spiro atoms. The zero-order valence-electron chi connectivity index (χ0n) is 10.3. The maximum Gasteiger partial charge on any atom is 0.137 e. The van der Waals surface area contributed by atoms with Crippen molar-refractivity contribution in [1.29, 1.82) is 0 Å². The summed E-state index contributed by atoms with van der Waals surface area (Å²) in [4.78, 5) is 0. The molecular weight excluding hydrogens is 217 g/mol. The molecule has 2 atom stereocenters. The van der Waals surface area contributed by atoms with Crippen molar-refractivity contribution in [3.05, 3.63) is 29.8 Å². The summed E-state index contributed by atoms with van der Waals surface area (Å²) >= 11 is 0. The molecule has 1 aliphatic carbocycles. The Morgan fingerprint density at radius 2 is 2.35 bits per heavy atom. The molecule has 2 rings (SSSR count). The number of rotatable bonds is 3. The van der Waals surface area contributed by atoms with E-state index in [0.717, 1.165) is 18.6 Å². The van der Waals surface area contributed by atoms with Gasteiger partial charge in [0.05, 0.1) is 6.61 Å². The van der Waals surface area contributed by atoms with Gasteiger partial charge in [0.1, 0.15) is 11.4 Å². The Kier molecular flexibility index (Phi) is 3.67. The highest BCUT2D eigenvalue weighted by Crippen LogP contribution is 2.41.